The number of nitrogens with zero attached hydrogens (tertiary/aromatic N) is 1. The van der Waals surface area contributed by atoms with Crippen molar-refractivity contribution in [1.29, 1.82) is 0 Å². The van der Waals surface area contributed by atoms with Crippen LogP contribution >= 0.6 is 0 Å². The predicted octanol–water partition coefficient (Wildman–Crippen LogP) is 3.55. The van der Waals surface area contributed by atoms with E-state index in [0.29, 0.717) is 19.5 Å². The minimum Gasteiger partial charge on any atom is -0.355 e. The summed E-state index contributed by atoms with van der Waals surface area (Å²) >= 11 is 0. The number of rotatable bonds is 5. The van der Waals surface area contributed by atoms with E-state index in [-0.39, 0.29) is 11.8 Å². The van der Waals surface area contributed by atoms with Crippen LogP contribution in [0.4, 0.5) is 5.69 Å². The summed E-state index contributed by atoms with van der Waals surface area (Å²) < 4.78 is 0. The van der Waals surface area contributed by atoms with Crippen molar-refractivity contribution >= 4 is 28.3 Å². The van der Waals surface area contributed by atoms with Gasteiger partial charge in [-0.25, -0.2) is 0 Å². The van der Waals surface area contributed by atoms with E-state index in [9.17, 15) is 9.59 Å². The topological polar surface area (TPSA) is 49.4 Å². The van der Waals surface area contributed by atoms with E-state index >= 15 is 0 Å². The van der Waals surface area contributed by atoms with Crippen molar-refractivity contribution < 1.29 is 9.59 Å². The largest absolute Gasteiger partial charge is 0.355 e. The Morgan fingerprint density at radius 3 is 2.52 bits per heavy atom. The number of carbonyl (C=O) groups is 2. The molecule has 3 aromatic rings. The molecule has 1 saturated heterocycles. The molecule has 0 spiro atoms. The second kappa shape index (κ2) is 7.62. The third-order valence-corrected chi connectivity index (χ3v) is 5.12. The Bertz CT molecular complexity index is 968. The van der Waals surface area contributed by atoms with E-state index in [0.717, 1.165) is 22.9 Å². The lowest BCUT2D eigenvalue weighted by molar-refractivity contribution is -0.132. The average Bonchev–Trinajstić information content (AvgIpc) is 3.10. The van der Waals surface area contributed by atoms with E-state index in [2.05, 4.69) is 5.32 Å². The van der Waals surface area contributed by atoms with Crippen molar-refractivity contribution in [3.8, 4) is 0 Å². The molecule has 1 aliphatic rings. The minimum absolute atomic E-state index is 0.109. The number of carbonyl (C=O) groups excluding carboxylic acids is 2. The molecule has 0 saturated carbocycles. The van der Waals surface area contributed by atoms with Crippen molar-refractivity contribution in [2.45, 2.75) is 12.8 Å². The van der Waals surface area contributed by atoms with Gasteiger partial charge in [-0.15, -0.1) is 0 Å². The maximum Gasteiger partial charge on any atom is 0.239 e. The van der Waals surface area contributed by atoms with E-state index in [1.807, 2.05) is 72.8 Å². The number of nitrogens with one attached hydrogen (secondary N) is 1. The van der Waals surface area contributed by atoms with Crippen molar-refractivity contribution in [2.75, 3.05) is 18.0 Å². The van der Waals surface area contributed by atoms with Crippen LogP contribution in [0.25, 0.3) is 10.8 Å². The number of hydrogen-bond donors (Lipinski definition) is 1. The highest BCUT2D eigenvalue weighted by atomic mass is 16.2. The molecule has 4 heteroatoms. The molecule has 1 fully saturated rings. The van der Waals surface area contributed by atoms with Crippen LogP contribution < -0.4 is 10.2 Å². The lowest BCUT2D eigenvalue weighted by Crippen LogP contribution is -2.37. The molecule has 1 aliphatic heterocycles. The second-order valence-electron chi connectivity index (χ2n) is 6.89. The van der Waals surface area contributed by atoms with Gasteiger partial charge in [-0.3, -0.25) is 9.59 Å². The number of amides is 2. The van der Waals surface area contributed by atoms with Gasteiger partial charge in [0.25, 0.3) is 0 Å². The normalized spacial score (nSPS) is 16.7. The number of benzene rings is 3. The smallest absolute Gasteiger partial charge is 0.239 e. The molecule has 0 aromatic heterocycles. The van der Waals surface area contributed by atoms with Gasteiger partial charge in [0.05, 0.1) is 0 Å². The van der Waals surface area contributed by atoms with Crippen molar-refractivity contribution in [3.63, 3.8) is 0 Å². The standard InChI is InChI=1S/C23H22N2O2/c26-22(24-14-12-17-6-2-1-3-7-17)21-13-15-25(23(21)27)20-11-10-18-8-4-5-9-19(18)16-20/h1-11,16,21H,12-15H2,(H,24,26). The molecule has 1 heterocycles. The van der Waals surface area contributed by atoms with E-state index in [1.54, 1.807) is 4.90 Å². The van der Waals surface area contributed by atoms with Crippen molar-refractivity contribution in [2.24, 2.45) is 5.92 Å². The molecule has 0 bridgehead atoms. The molecular weight excluding hydrogens is 336 g/mol. The fourth-order valence-corrected chi connectivity index (χ4v) is 3.62. The van der Waals surface area contributed by atoms with Crippen LogP contribution in [-0.2, 0) is 16.0 Å². The van der Waals surface area contributed by atoms with Gasteiger partial charge in [-0.2, -0.15) is 0 Å². The highest BCUT2D eigenvalue weighted by molar-refractivity contribution is 6.10. The van der Waals surface area contributed by atoms with Crippen LogP contribution in [0.15, 0.2) is 72.8 Å². The molecule has 1 N–H and O–H groups in total. The Morgan fingerprint density at radius 1 is 0.963 bits per heavy atom. The highest BCUT2D eigenvalue weighted by Gasteiger charge is 2.37. The monoisotopic (exact) mass is 358 g/mol. The van der Waals surface area contributed by atoms with Gasteiger partial charge >= 0.3 is 0 Å². The van der Waals surface area contributed by atoms with Crippen molar-refractivity contribution in [3.05, 3.63) is 78.4 Å². The summed E-state index contributed by atoms with van der Waals surface area (Å²) in [5.74, 6) is -0.867. The van der Waals surface area contributed by atoms with Crippen LogP contribution in [0.2, 0.25) is 0 Å². The Balaban J connectivity index is 1.39. The maximum absolute atomic E-state index is 12.8. The van der Waals surface area contributed by atoms with Gasteiger partial charge in [0.2, 0.25) is 11.8 Å². The molecule has 1 unspecified atom stereocenters. The van der Waals surface area contributed by atoms with Crippen LogP contribution in [0, 0.1) is 5.92 Å². The molecule has 4 nitrogen and oxygen atoms in total. The molecule has 136 valence electrons. The molecule has 0 radical (unpaired) electrons. The SMILES string of the molecule is O=C(NCCc1ccccc1)C1CCN(c2ccc3ccccc3c2)C1=O. The lowest BCUT2D eigenvalue weighted by atomic mass is 10.1. The first-order chi connectivity index (χ1) is 13.2. The molecule has 0 aliphatic carbocycles. The fraction of sp³-hybridized carbons (Fsp3) is 0.217. The zero-order valence-electron chi connectivity index (χ0n) is 15.1. The van der Waals surface area contributed by atoms with Crippen LogP contribution in [0.5, 0.6) is 0 Å². The number of hydrogen-bond acceptors (Lipinski definition) is 2. The zero-order valence-corrected chi connectivity index (χ0v) is 15.1. The van der Waals surface area contributed by atoms with Gasteiger partial charge in [-0.05, 0) is 41.3 Å². The summed E-state index contributed by atoms with van der Waals surface area (Å²) in [5, 5.41) is 5.16. The van der Waals surface area contributed by atoms with E-state index in [4.69, 9.17) is 0 Å². The fourth-order valence-electron chi connectivity index (χ4n) is 3.62. The van der Waals surface area contributed by atoms with E-state index in [1.165, 1.54) is 5.56 Å². The summed E-state index contributed by atoms with van der Waals surface area (Å²) in [7, 11) is 0. The first kappa shape index (κ1) is 17.3. The highest BCUT2D eigenvalue weighted by Crippen LogP contribution is 2.28. The van der Waals surface area contributed by atoms with E-state index < -0.39 is 5.92 Å². The Labute approximate surface area is 158 Å². The molecule has 27 heavy (non-hydrogen) atoms. The molecular formula is C23H22N2O2. The quantitative estimate of drug-likeness (QED) is 0.709. The first-order valence-corrected chi connectivity index (χ1v) is 9.34. The number of anilines is 1. The Kier molecular flexibility index (Phi) is 4.88. The van der Waals surface area contributed by atoms with Crippen LogP contribution in [0.3, 0.4) is 0 Å². The van der Waals surface area contributed by atoms with Crippen LogP contribution in [0.1, 0.15) is 12.0 Å². The zero-order chi connectivity index (χ0) is 18.6. The van der Waals surface area contributed by atoms with Gasteiger partial charge in [0.1, 0.15) is 5.92 Å². The summed E-state index contributed by atoms with van der Waals surface area (Å²) in [6, 6.07) is 24.1. The minimum atomic E-state index is -0.591. The van der Waals surface area contributed by atoms with Crippen molar-refractivity contribution in [1.82, 2.24) is 5.32 Å². The molecule has 2 amide bonds. The van der Waals surface area contributed by atoms with Gasteiger partial charge in [0.15, 0.2) is 0 Å². The summed E-state index contributed by atoms with van der Waals surface area (Å²) in [5.41, 5.74) is 2.03. The molecule has 1 atom stereocenters. The van der Waals surface area contributed by atoms with Gasteiger partial charge in [-0.1, -0.05) is 60.7 Å². The Morgan fingerprint density at radius 2 is 1.70 bits per heavy atom. The lowest BCUT2D eigenvalue weighted by Gasteiger charge is -2.17. The predicted molar refractivity (Wildman–Crippen MR) is 108 cm³/mol. The van der Waals surface area contributed by atoms with Gasteiger partial charge in [0, 0.05) is 18.8 Å². The average molecular weight is 358 g/mol. The summed E-state index contributed by atoms with van der Waals surface area (Å²) in [4.78, 5) is 27.0. The third kappa shape index (κ3) is 3.70. The van der Waals surface area contributed by atoms with Gasteiger partial charge < -0.3 is 10.2 Å². The number of fused-ring (bicyclic) bond motifs is 1. The molecule has 3 aromatic carbocycles. The first-order valence-electron chi connectivity index (χ1n) is 9.34. The summed E-state index contributed by atoms with van der Waals surface area (Å²) in [6.45, 7) is 1.12. The Hall–Kier alpha value is -3.14. The summed E-state index contributed by atoms with van der Waals surface area (Å²) in [6.07, 6.45) is 1.32. The van der Waals surface area contributed by atoms with Crippen LogP contribution in [-0.4, -0.2) is 24.9 Å². The molecule has 4 rings (SSSR count). The third-order valence-electron chi connectivity index (χ3n) is 5.12. The second-order valence-corrected chi connectivity index (χ2v) is 6.89. The maximum atomic E-state index is 12.8.